The Labute approximate surface area is 181 Å². The molecule has 0 heterocycles. The van der Waals surface area contributed by atoms with E-state index in [1.807, 2.05) is 30.3 Å². The van der Waals surface area contributed by atoms with Crippen molar-refractivity contribution < 1.29 is 4.74 Å². The molecule has 0 unspecified atom stereocenters. The van der Waals surface area contributed by atoms with E-state index < -0.39 is 0 Å². The van der Waals surface area contributed by atoms with Gasteiger partial charge in [-0.15, -0.1) is 0 Å². The summed E-state index contributed by atoms with van der Waals surface area (Å²) in [4.78, 5) is 0. The molecule has 1 saturated carbocycles. The van der Waals surface area contributed by atoms with E-state index in [-0.39, 0.29) is 0 Å². The van der Waals surface area contributed by atoms with Crippen LogP contribution in [0, 0.1) is 0 Å². The van der Waals surface area contributed by atoms with Gasteiger partial charge in [0.1, 0.15) is 12.4 Å². The monoisotopic (exact) mass is 435 g/mol. The smallest absolute Gasteiger partial charge is 0.187 e. The van der Waals surface area contributed by atoms with E-state index in [4.69, 9.17) is 40.2 Å². The standard InChI is InChI=1S/C21H23Cl2N3OS/c22-17-10-9-16(20(23)12-17)14-27-19-8-4-5-15(11-19)13-24-26-21(28)25-18-6-2-1-3-7-18/h4-5,8-13,18H,1-3,6-7,14H2,(H2,25,26,28)/b24-13+. The van der Waals surface area contributed by atoms with Gasteiger partial charge in [-0.1, -0.05) is 60.7 Å². The molecule has 1 aliphatic rings. The molecule has 2 aromatic rings. The van der Waals surface area contributed by atoms with E-state index in [0.29, 0.717) is 27.8 Å². The molecule has 1 aliphatic carbocycles. The number of rotatable bonds is 6. The lowest BCUT2D eigenvalue weighted by atomic mass is 9.96. The Bertz CT molecular complexity index is 838. The predicted octanol–water partition coefficient (Wildman–Crippen LogP) is 5.70. The van der Waals surface area contributed by atoms with Crippen molar-refractivity contribution in [1.82, 2.24) is 10.7 Å². The summed E-state index contributed by atoms with van der Waals surface area (Å²) in [6, 6.07) is 13.5. The molecule has 0 saturated heterocycles. The summed E-state index contributed by atoms with van der Waals surface area (Å²) in [5.74, 6) is 0.734. The molecule has 0 radical (unpaired) electrons. The highest BCUT2D eigenvalue weighted by atomic mass is 35.5. The number of halogens is 2. The molecule has 7 heteroatoms. The molecule has 1 fully saturated rings. The van der Waals surface area contributed by atoms with Crippen LogP contribution in [0.2, 0.25) is 10.0 Å². The minimum absolute atomic E-state index is 0.365. The Morgan fingerprint density at radius 1 is 1.14 bits per heavy atom. The second-order valence-electron chi connectivity index (χ2n) is 6.78. The highest BCUT2D eigenvalue weighted by Crippen LogP contribution is 2.23. The van der Waals surface area contributed by atoms with Gasteiger partial charge in [-0.05, 0) is 54.9 Å². The van der Waals surface area contributed by atoms with E-state index in [1.165, 1.54) is 32.1 Å². The summed E-state index contributed by atoms with van der Waals surface area (Å²) in [6.07, 6.45) is 7.90. The maximum Gasteiger partial charge on any atom is 0.187 e. The van der Waals surface area contributed by atoms with Crippen molar-refractivity contribution in [3.8, 4) is 5.75 Å². The minimum Gasteiger partial charge on any atom is -0.489 e. The number of thiocarbonyl (C=S) groups is 1. The molecule has 2 N–H and O–H groups in total. The van der Waals surface area contributed by atoms with Gasteiger partial charge >= 0.3 is 0 Å². The number of hydrogen-bond donors (Lipinski definition) is 2. The number of hydrazone groups is 1. The zero-order valence-electron chi connectivity index (χ0n) is 15.5. The molecule has 0 aliphatic heterocycles. The van der Waals surface area contributed by atoms with Gasteiger partial charge in [0, 0.05) is 21.7 Å². The SMILES string of the molecule is S=C(N/N=C/c1cccc(OCc2ccc(Cl)cc2Cl)c1)NC1CCCCC1. The van der Waals surface area contributed by atoms with E-state index in [9.17, 15) is 0 Å². The molecule has 0 spiro atoms. The number of nitrogens with zero attached hydrogens (tertiary/aromatic N) is 1. The largest absolute Gasteiger partial charge is 0.489 e. The van der Waals surface area contributed by atoms with Crippen LogP contribution in [0.5, 0.6) is 5.75 Å². The fourth-order valence-electron chi connectivity index (χ4n) is 3.11. The van der Waals surface area contributed by atoms with Crippen molar-refractivity contribution in [2.24, 2.45) is 5.10 Å². The van der Waals surface area contributed by atoms with E-state index in [2.05, 4.69) is 15.8 Å². The van der Waals surface area contributed by atoms with Gasteiger partial charge in [-0.25, -0.2) is 0 Å². The van der Waals surface area contributed by atoms with Gasteiger partial charge in [0.05, 0.1) is 6.21 Å². The minimum atomic E-state index is 0.365. The van der Waals surface area contributed by atoms with Crippen LogP contribution in [0.3, 0.4) is 0 Å². The first-order chi connectivity index (χ1) is 13.6. The summed E-state index contributed by atoms with van der Waals surface area (Å²) < 4.78 is 5.83. The molecule has 3 rings (SSSR count). The van der Waals surface area contributed by atoms with Crippen LogP contribution in [0.25, 0.3) is 0 Å². The molecular formula is C21H23Cl2N3OS. The third-order valence-corrected chi connectivity index (χ3v) is 5.38. The van der Waals surface area contributed by atoms with Gasteiger partial charge < -0.3 is 10.1 Å². The molecule has 0 atom stereocenters. The Morgan fingerprint density at radius 2 is 1.96 bits per heavy atom. The van der Waals surface area contributed by atoms with Crippen molar-refractivity contribution in [3.63, 3.8) is 0 Å². The topological polar surface area (TPSA) is 45.7 Å². The van der Waals surface area contributed by atoms with Crippen LogP contribution in [0.1, 0.15) is 43.2 Å². The second kappa shape index (κ2) is 10.6. The first kappa shape index (κ1) is 20.9. The highest BCUT2D eigenvalue weighted by Gasteiger charge is 2.13. The van der Waals surface area contributed by atoms with Gasteiger partial charge in [-0.2, -0.15) is 5.10 Å². The van der Waals surface area contributed by atoms with Crippen LogP contribution < -0.4 is 15.5 Å². The first-order valence-electron chi connectivity index (χ1n) is 9.36. The maximum atomic E-state index is 6.18. The van der Waals surface area contributed by atoms with Crippen LogP contribution >= 0.6 is 35.4 Å². The molecule has 0 amide bonds. The highest BCUT2D eigenvalue weighted by molar-refractivity contribution is 7.80. The lowest BCUT2D eigenvalue weighted by Gasteiger charge is -2.23. The van der Waals surface area contributed by atoms with Crippen LogP contribution in [0.15, 0.2) is 47.6 Å². The number of ether oxygens (including phenoxy) is 1. The van der Waals surface area contributed by atoms with Gasteiger partial charge in [0.15, 0.2) is 5.11 Å². The molecule has 148 valence electrons. The molecule has 0 bridgehead atoms. The summed E-state index contributed by atoms with van der Waals surface area (Å²) in [5, 5.41) is 9.31. The zero-order valence-corrected chi connectivity index (χ0v) is 17.8. The van der Waals surface area contributed by atoms with Crippen molar-refractivity contribution in [1.29, 1.82) is 0 Å². The Kier molecular flexibility index (Phi) is 7.95. The molecular weight excluding hydrogens is 413 g/mol. The third kappa shape index (κ3) is 6.66. The average molecular weight is 436 g/mol. The Morgan fingerprint density at radius 3 is 2.75 bits per heavy atom. The molecule has 2 aromatic carbocycles. The molecule has 0 aromatic heterocycles. The first-order valence-corrected chi connectivity index (χ1v) is 10.5. The molecule has 4 nitrogen and oxygen atoms in total. The van der Waals surface area contributed by atoms with Crippen molar-refractivity contribution in [3.05, 3.63) is 63.6 Å². The fourth-order valence-corrected chi connectivity index (χ4v) is 3.80. The van der Waals surface area contributed by atoms with E-state index in [0.717, 1.165) is 16.9 Å². The van der Waals surface area contributed by atoms with E-state index in [1.54, 1.807) is 18.3 Å². The van der Waals surface area contributed by atoms with Gasteiger partial charge in [0.2, 0.25) is 0 Å². The summed E-state index contributed by atoms with van der Waals surface area (Å²) >= 11 is 17.4. The number of hydrogen-bond acceptors (Lipinski definition) is 3. The maximum absolute atomic E-state index is 6.18. The number of benzene rings is 2. The summed E-state index contributed by atoms with van der Waals surface area (Å²) in [7, 11) is 0. The number of nitrogens with one attached hydrogen (secondary N) is 2. The summed E-state index contributed by atoms with van der Waals surface area (Å²) in [5.41, 5.74) is 4.68. The van der Waals surface area contributed by atoms with Crippen LogP contribution in [0.4, 0.5) is 0 Å². The van der Waals surface area contributed by atoms with Crippen LogP contribution in [-0.4, -0.2) is 17.4 Å². The lowest BCUT2D eigenvalue weighted by Crippen LogP contribution is -2.40. The zero-order chi connectivity index (χ0) is 19.8. The summed E-state index contributed by atoms with van der Waals surface area (Å²) in [6.45, 7) is 0.365. The molecule has 28 heavy (non-hydrogen) atoms. The van der Waals surface area contributed by atoms with Crippen molar-refractivity contribution in [2.75, 3.05) is 0 Å². The van der Waals surface area contributed by atoms with E-state index >= 15 is 0 Å². The lowest BCUT2D eigenvalue weighted by molar-refractivity contribution is 0.306. The van der Waals surface area contributed by atoms with Crippen LogP contribution in [-0.2, 0) is 6.61 Å². The quantitative estimate of drug-likeness (QED) is 0.346. The Balaban J connectivity index is 1.49. The Hall–Kier alpha value is -1.82. The fraction of sp³-hybridized carbons (Fsp3) is 0.333. The van der Waals surface area contributed by atoms with Crippen molar-refractivity contribution >= 4 is 46.7 Å². The van der Waals surface area contributed by atoms with Crippen molar-refractivity contribution in [2.45, 2.75) is 44.8 Å². The van der Waals surface area contributed by atoms with Gasteiger partial charge in [0.25, 0.3) is 0 Å². The second-order valence-corrected chi connectivity index (χ2v) is 8.03. The normalized spacial score (nSPS) is 14.8. The third-order valence-electron chi connectivity index (χ3n) is 4.59. The van der Waals surface area contributed by atoms with Gasteiger partial charge in [-0.3, -0.25) is 5.43 Å². The predicted molar refractivity (Wildman–Crippen MR) is 121 cm³/mol. The average Bonchev–Trinajstić information content (AvgIpc) is 2.68.